The smallest absolute Gasteiger partial charge is 0.131 e. The fourth-order valence-corrected chi connectivity index (χ4v) is 2.81. The average molecular weight is 367 g/mol. The zero-order valence-electron chi connectivity index (χ0n) is 13.9. The number of methoxy groups -OCH3 is 2. The fraction of sp³-hybridized carbons (Fsp3) is 0.278. The lowest BCUT2D eigenvalue weighted by Crippen LogP contribution is -2.12. The molecule has 0 unspecified atom stereocenters. The molecule has 1 N–H and O–H groups in total. The van der Waals surface area contributed by atoms with Crippen molar-refractivity contribution in [3.8, 4) is 11.5 Å². The molecule has 0 heterocycles. The summed E-state index contributed by atoms with van der Waals surface area (Å²) in [7, 11) is 3.25. The minimum atomic E-state index is 0.445. The van der Waals surface area contributed by atoms with Gasteiger partial charge in [0.25, 0.3) is 0 Å². The Morgan fingerprint density at radius 2 is 1.79 bits per heavy atom. The molecule has 24 heavy (non-hydrogen) atoms. The van der Waals surface area contributed by atoms with Crippen LogP contribution in [0.4, 0.5) is 0 Å². The van der Waals surface area contributed by atoms with Gasteiger partial charge in [0.05, 0.1) is 26.5 Å². The maximum atomic E-state index is 6.17. The van der Waals surface area contributed by atoms with Gasteiger partial charge >= 0.3 is 0 Å². The largest absolute Gasteiger partial charge is 0.497 e. The van der Waals surface area contributed by atoms with Gasteiger partial charge in [-0.1, -0.05) is 36.2 Å². The lowest BCUT2D eigenvalue weighted by molar-refractivity contribution is 0.393. The van der Waals surface area contributed by atoms with Gasteiger partial charge in [-0.25, -0.2) is 0 Å². The number of rotatable bonds is 7. The van der Waals surface area contributed by atoms with E-state index in [1.807, 2.05) is 31.2 Å². The van der Waals surface area contributed by atoms with Crippen molar-refractivity contribution in [1.29, 1.82) is 0 Å². The quantitative estimate of drug-likeness (QED) is 0.558. The van der Waals surface area contributed by atoms with Crippen molar-refractivity contribution in [1.82, 2.24) is 5.43 Å². The third-order valence-corrected chi connectivity index (χ3v) is 4.29. The Balaban J connectivity index is 2.21. The molecule has 0 aliphatic rings. The Kier molecular flexibility index (Phi) is 6.76. The molecule has 0 bridgehead atoms. The lowest BCUT2D eigenvalue weighted by Gasteiger charge is -2.12. The highest BCUT2D eigenvalue weighted by Crippen LogP contribution is 2.26. The van der Waals surface area contributed by atoms with Crippen LogP contribution in [0.25, 0.3) is 0 Å². The van der Waals surface area contributed by atoms with Crippen LogP contribution < -0.4 is 14.9 Å². The van der Waals surface area contributed by atoms with Gasteiger partial charge in [0.2, 0.25) is 0 Å². The number of halogens is 2. The number of benzene rings is 2. The van der Waals surface area contributed by atoms with Crippen LogP contribution in [0.15, 0.2) is 41.5 Å². The molecule has 6 heteroatoms. The van der Waals surface area contributed by atoms with Crippen molar-refractivity contribution in [3.63, 3.8) is 0 Å². The highest BCUT2D eigenvalue weighted by Gasteiger charge is 2.11. The second kappa shape index (κ2) is 8.81. The zero-order valence-corrected chi connectivity index (χ0v) is 15.4. The maximum absolute atomic E-state index is 6.17. The summed E-state index contributed by atoms with van der Waals surface area (Å²) < 4.78 is 10.7. The Labute approximate surface area is 152 Å². The molecule has 0 aliphatic heterocycles. The molecule has 0 amide bonds. The van der Waals surface area contributed by atoms with Crippen molar-refractivity contribution in [2.24, 2.45) is 5.10 Å². The molecule has 2 aromatic carbocycles. The molecule has 0 aromatic heterocycles. The van der Waals surface area contributed by atoms with Crippen LogP contribution in [0.2, 0.25) is 10.0 Å². The molecule has 0 saturated heterocycles. The zero-order chi connectivity index (χ0) is 17.5. The first-order valence-corrected chi connectivity index (χ1v) is 8.31. The second-order valence-corrected chi connectivity index (χ2v) is 5.83. The first-order valence-electron chi connectivity index (χ1n) is 7.55. The third kappa shape index (κ3) is 4.34. The van der Waals surface area contributed by atoms with E-state index in [0.29, 0.717) is 22.3 Å². The summed E-state index contributed by atoms with van der Waals surface area (Å²) in [5.41, 5.74) is 5.65. The topological polar surface area (TPSA) is 42.9 Å². The number of hydrogen-bond acceptors (Lipinski definition) is 4. The van der Waals surface area contributed by atoms with Gasteiger partial charge in [0.1, 0.15) is 11.5 Å². The van der Waals surface area contributed by atoms with E-state index < -0.39 is 0 Å². The summed E-state index contributed by atoms with van der Waals surface area (Å²) >= 11 is 12.3. The van der Waals surface area contributed by atoms with E-state index in [9.17, 15) is 0 Å². The fourth-order valence-electron chi connectivity index (χ4n) is 2.28. The van der Waals surface area contributed by atoms with E-state index in [1.165, 1.54) is 0 Å². The standard InChI is InChI=1S/C18H20Cl2N2O2/c1-4-17(13-9-8-12(23-2)10-18(13)24-3)22-21-11-14-15(19)6-5-7-16(14)20/h5-10,21H,4,11H2,1-3H3/b22-17-. The third-order valence-electron chi connectivity index (χ3n) is 3.59. The van der Waals surface area contributed by atoms with Crippen molar-refractivity contribution in [3.05, 3.63) is 57.6 Å². The molecule has 0 radical (unpaired) electrons. The monoisotopic (exact) mass is 366 g/mol. The molecule has 0 fully saturated rings. The molecular formula is C18H20Cl2N2O2. The number of nitrogens with zero attached hydrogens (tertiary/aromatic N) is 1. The summed E-state index contributed by atoms with van der Waals surface area (Å²) in [6.07, 6.45) is 0.742. The molecule has 4 nitrogen and oxygen atoms in total. The van der Waals surface area contributed by atoms with Crippen LogP contribution in [0.1, 0.15) is 24.5 Å². The van der Waals surface area contributed by atoms with Gasteiger partial charge in [0.15, 0.2) is 0 Å². The van der Waals surface area contributed by atoms with E-state index in [4.69, 9.17) is 32.7 Å². The minimum absolute atomic E-state index is 0.445. The van der Waals surface area contributed by atoms with Crippen molar-refractivity contribution in [2.45, 2.75) is 19.9 Å². The Hall–Kier alpha value is -1.91. The van der Waals surface area contributed by atoms with E-state index in [0.717, 1.165) is 29.0 Å². The van der Waals surface area contributed by atoms with Gasteiger partial charge in [-0.2, -0.15) is 5.10 Å². The summed E-state index contributed by atoms with van der Waals surface area (Å²) in [5, 5.41) is 5.71. The summed E-state index contributed by atoms with van der Waals surface area (Å²) in [4.78, 5) is 0. The van der Waals surface area contributed by atoms with Crippen molar-refractivity contribution >= 4 is 28.9 Å². The number of hydrazone groups is 1. The van der Waals surface area contributed by atoms with Crippen LogP contribution in [0, 0.1) is 0 Å². The molecule has 128 valence electrons. The minimum Gasteiger partial charge on any atom is -0.497 e. The van der Waals surface area contributed by atoms with E-state index in [-0.39, 0.29) is 0 Å². The van der Waals surface area contributed by atoms with Gasteiger partial charge in [-0.3, -0.25) is 0 Å². The van der Waals surface area contributed by atoms with E-state index >= 15 is 0 Å². The predicted octanol–water partition coefficient (Wildman–Crippen LogP) is 4.91. The normalized spacial score (nSPS) is 11.3. The van der Waals surface area contributed by atoms with Gasteiger partial charge < -0.3 is 14.9 Å². The Bertz CT molecular complexity index is 713. The number of nitrogens with one attached hydrogen (secondary N) is 1. The number of hydrogen-bond donors (Lipinski definition) is 1. The molecule has 0 saturated carbocycles. The van der Waals surface area contributed by atoms with Crippen molar-refractivity contribution in [2.75, 3.05) is 14.2 Å². The van der Waals surface area contributed by atoms with E-state index in [1.54, 1.807) is 26.4 Å². The molecule has 0 aliphatic carbocycles. The van der Waals surface area contributed by atoms with Gasteiger partial charge in [0, 0.05) is 27.2 Å². The van der Waals surface area contributed by atoms with Crippen LogP contribution in [-0.2, 0) is 6.54 Å². The molecule has 0 spiro atoms. The average Bonchev–Trinajstić information content (AvgIpc) is 2.60. The van der Waals surface area contributed by atoms with Gasteiger partial charge in [-0.05, 0) is 30.7 Å². The predicted molar refractivity (Wildman–Crippen MR) is 99.7 cm³/mol. The Morgan fingerprint density at radius 3 is 2.38 bits per heavy atom. The first-order chi connectivity index (χ1) is 11.6. The SMILES string of the molecule is CC/C(=N/NCc1c(Cl)cccc1Cl)c1ccc(OC)cc1OC. The molecule has 2 rings (SSSR count). The Morgan fingerprint density at radius 1 is 1.08 bits per heavy atom. The highest BCUT2D eigenvalue weighted by molar-refractivity contribution is 6.35. The lowest BCUT2D eigenvalue weighted by atomic mass is 10.1. The highest BCUT2D eigenvalue weighted by atomic mass is 35.5. The van der Waals surface area contributed by atoms with Crippen LogP contribution in [0.5, 0.6) is 11.5 Å². The van der Waals surface area contributed by atoms with Gasteiger partial charge in [-0.15, -0.1) is 0 Å². The number of ether oxygens (including phenoxy) is 2. The van der Waals surface area contributed by atoms with Crippen LogP contribution >= 0.6 is 23.2 Å². The first kappa shape index (κ1) is 18.4. The van der Waals surface area contributed by atoms with E-state index in [2.05, 4.69) is 10.5 Å². The second-order valence-electron chi connectivity index (χ2n) is 5.01. The van der Waals surface area contributed by atoms with Crippen LogP contribution in [0.3, 0.4) is 0 Å². The molecule has 2 aromatic rings. The summed E-state index contributed by atoms with van der Waals surface area (Å²) in [6.45, 7) is 2.48. The van der Waals surface area contributed by atoms with Crippen molar-refractivity contribution < 1.29 is 9.47 Å². The molecule has 0 atom stereocenters. The maximum Gasteiger partial charge on any atom is 0.131 e. The summed E-state index contributed by atoms with van der Waals surface area (Å²) in [6, 6.07) is 11.1. The molecular weight excluding hydrogens is 347 g/mol. The summed E-state index contributed by atoms with van der Waals surface area (Å²) in [5.74, 6) is 1.45. The van der Waals surface area contributed by atoms with Crippen LogP contribution in [-0.4, -0.2) is 19.9 Å².